The van der Waals surface area contributed by atoms with Crippen molar-refractivity contribution >= 4 is 26.5 Å². The van der Waals surface area contributed by atoms with Crippen LogP contribution in [0.4, 0.5) is 5.69 Å². The van der Waals surface area contributed by atoms with Crippen molar-refractivity contribution in [2.75, 3.05) is 17.1 Å². The zero-order valence-electron chi connectivity index (χ0n) is 9.70. The van der Waals surface area contributed by atoms with E-state index in [1.165, 1.54) is 0 Å². The molecule has 0 radical (unpaired) electrons. The van der Waals surface area contributed by atoms with Crippen LogP contribution >= 0.6 is 0 Å². The maximum Gasteiger partial charge on any atom is 0.232 e. The van der Waals surface area contributed by atoms with Gasteiger partial charge >= 0.3 is 0 Å². The number of nitrogens with one attached hydrogen (secondary N) is 1. The monoisotopic (exact) mass is 266 g/mol. The first kappa shape index (κ1) is 12.8. The van der Waals surface area contributed by atoms with Gasteiger partial charge in [-0.25, -0.2) is 8.42 Å². The van der Waals surface area contributed by atoms with Gasteiger partial charge in [0.05, 0.1) is 11.4 Å². The smallest absolute Gasteiger partial charge is 0.232 e. The van der Waals surface area contributed by atoms with Gasteiger partial charge in [0, 0.05) is 24.4 Å². The van der Waals surface area contributed by atoms with Crippen molar-refractivity contribution in [2.45, 2.75) is 6.42 Å². The molecule has 6 heteroatoms. The summed E-state index contributed by atoms with van der Waals surface area (Å²) >= 11 is 0. The summed E-state index contributed by atoms with van der Waals surface area (Å²) in [7, 11) is -3.43. The SMILES string of the molecule is O=S(=O)(CCCO)Nc1cccc2ccncc12. The number of benzene rings is 1. The van der Waals surface area contributed by atoms with Crippen molar-refractivity contribution in [2.24, 2.45) is 0 Å². The van der Waals surface area contributed by atoms with Crippen molar-refractivity contribution in [1.82, 2.24) is 4.98 Å². The molecule has 0 saturated heterocycles. The molecule has 0 unspecified atom stereocenters. The molecule has 0 fully saturated rings. The van der Waals surface area contributed by atoms with Crippen LogP contribution in [-0.4, -0.2) is 30.9 Å². The van der Waals surface area contributed by atoms with E-state index in [1.807, 2.05) is 12.1 Å². The third kappa shape index (κ3) is 2.96. The van der Waals surface area contributed by atoms with Crippen molar-refractivity contribution < 1.29 is 13.5 Å². The topological polar surface area (TPSA) is 79.3 Å². The van der Waals surface area contributed by atoms with Crippen LogP contribution in [0.25, 0.3) is 10.8 Å². The van der Waals surface area contributed by atoms with E-state index in [2.05, 4.69) is 9.71 Å². The fourth-order valence-electron chi connectivity index (χ4n) is 1.68. The van der Waals surface area contributed by atoms with E-state index in [9.17, 15) is 8.42 Å². The van der Waals surface area contributed by atoms with Crippen LogP contribution in [0.5, 0.6) is 0 Å². The number of fused-ring (bicyclic) bond motifs is 1. The van der Waals surface area contributed by atoms with Crippen molar-refractivity contribution in [1.29, 1.82) is 0 Å². The second-order valence-corrected chi connectivity index (χ2v) is 5.74. The molecule has 0 aliphatic heterocycles. The van der Waals surface area contributed by atoms with E-state index >= 15 is 0 Å². The molecule has 0 saturated carbocycles. The Bertz CT molecular complexity index is 635. The standard InChI is InChI=1S/C12H14N2O3S/c15-7-2-8-18(16,17)14-12-4-1-3-10-5-6-13-9-11(10)12/h1,3-6,9,14-15H,2,7-8H2. The van der Waals surface area contributed by atoms with Crippen LogP contribution in [0.15, 0.2) is 36.7 Å². The third-order valence-corrected chi connectivity index (χ3v) is 3.88. The highest BCUT2D eigenvalue weighted by atomic mass is 32.2. The summed E-state index contributed by atoms with van der Waals surface area (Å²) in [6.07, 6.45) is 3.50. The number of aliphatic hydroxyl groups excluding tert-OH is 1. The summed E-state index contributed by atoms with van der Waals surface area (Å²) in [6.45, 7) is -0.141. The largest absolute Gasteiger partial charge is 0.396 e. The molecule has 1 heterocycles. The average molecular weight is 266 g/mol. The molecule has 1 aromatic heterocycles. The first-order chi connectivity index (χ1) is 8.62. The van der Waals surface area contributed by atoms with Gasteiger partial charge in [0.2, 0.25) is 10.0 Å². The van der Waals surface area contributed by atoms with Gasteiger partial charge in [0.1, 0.15) is 0 Å². The summed E-state index contributed by atoms with van der Waals surface area (Å²) in [5.74, 6) is -0.0971. The lowest BCUT2D eigenvalue weighted by molar-refractivity contribution is 0.295. The first-order valence-electron chi connectivity index (χ1n) is 5.56. The first-order valence-corrected chi connectivity index (χ1v) is 7.22. The second kappa shape index (κ2) is 5.32. The molecule has 0 spiro atoms. The van der Waals surface area contributed by atoms with Crippen LogP contribution in [0.3, 0.4) is 0 Å². The number of aromatic nitrogens is 1. The van der Waals surface area contributed by atoms with Crippen LogP contribution in [0.1, 0.15) is 6.42 Å². The van der Waals surface area contributed by atoms with Crippen LogP contribution < -0.4 is 4.72 Å². The number of pyridine rings is 1. The summed E-state index contributed by atoms with van der Waals surface area (Å²) in [5, 5.41) is 10.3. The van der Waals surface area contributed by atoms with Gasteiger partial charge in [-0.15, -0.1) is 0 Å². The molecular formula is C12H14N2O3S. The molecule has 0 aliphatic rings. The minimum atomic E-state index is -3.43. The van der Waals surface area contributed by atoms with Gasteiger partial charge in [-0.05, 0) is 23.9 Å². The van der Waals surface area contributed by atoms with Crippen LogP contribution in [0, 0.1) is 0 Å². The molecular weight excluding hydrogens is 252 g/mol. The van der Waals surface area contributed by atoms with Gasteiger partial charge in [-0.3, -0.25) is 9.71 Å². The van der Waals surface area contributed by atoms with Crippen LogP contribution in [0.2, 0.25) is 0 Å². The van der Waals surface area contributed by atoms with Gasteiger partial charge < -0.3 is 5.11 Å². The Balaban J connectivity index is 2.32. The number of hydrogen-bond donors (Lipinski definition) is 2. The number of aliphatic hydroxyl groups is 1. The summed E-state index contributed by atoms with van der Waals surface area (Å²) in [6, 6.07) is 7.19. The molecule has 5 nitrogen and oxygen atoms in total. The highest BCUT2D eigenvalue weighted by molar-refractivity contribution is 7.92. The maximum atomic E-state index is 11.8. The highest BCUT2D eigenvalue weighted by Crippen LogP contribution is 2.23. The minimum Gasteiger partial charge on any atom is -0.396 e. The van der Waals surface area contributed by atoms with Gasteiger partial charge in [-0.1, -0.05) is 12.1 Å². The molecule has 0 bridgehead atoms. The van der Waals surface area contributed by atoms with Gasteiger partial charge in [0.15, 0.2) is 0 Å². The molecule has 18 heavy (non-hydrogen) atoms. The molecule has 0 atom stereocenters. The van der Waals surface area contributed by atoms with Gasteiger partial charge in [0.25, 0.3) is 0 Å². The summed E-state index contributed by atoms with van der Waals surface area (Å²) < 4.78 is 26.0. The van der Waals surface area contributed by atoms with Crippen molar-refractivity contribution in [3.05, 3.63) is 36.7 Å². The fraction of sp³-hybridized carbons (Fsp3) is 0.250. The minimum absolute atomic E-state index is 0.0971. The van der Waals surface area contributed by atoms with E-state index in [0.717, 1.165) is 10.8 Å². The number of hydrogen-bond acceptors (Lipinski definition) is 4. The van der Waals surface area contributed by atoms with E-state index in [-0.39, 0.29) is 18.8 Å². The molecule has 2 N–H and O–H groups in total. The molecule has 1 aromatic carbocycles. The molecule has 96 valence electrons. The Labute approximate surface area is 106 Å². The quantitative estimate of drug-likeness (QED) is 0.856. The maximum absolute atomic E-state index is 11.8. The number of rotatable bonds is 5. The number of sulfonamides is 1. The fourth-order valence-corrected chi connectivity index (χ4v) is 2.80. The lowest BCUT2D eigenvalue weighted by Gasteiger charge is -2.09. The zero-order chi connectivity index (χ0) is 13.0. The lowest BCUT2D eigenvalue weighted by atomic mass is 10.1. The molecule has 0 amide bonds. The third-order valence-electron chi connectivity index (χ3n) is 2.52. The zero-order valence-corrected chi connectivity index (χ0v) is 10.5. The lowest BCUT2D eigenvalue weighted by Crippen LogP contribution is -2.17. The Morgan fingerprint density at radius 1 is 1.28 bits per heavy atom. The summed E-state index contributed by atoms with van der Waals surface area (Å²) in [4.78, 5) is 3.99. The predicted octanol–water partition coefficient (Wildman–Crippen LogP) is 1.36. The van der Waals surface area contributed by atoms with Crippen LogP contribution in [-0.2, 0) is 10.0 Å². The van der Waals surface area contributed by atoms with E-state index in [4.69, 9.17) is 5.11 Å². The van der Waals surface area contributed by atoms with E-state index in [0.29, 0.717) is 5.69 Å². The Morgan fingerprint density at radius 3 is 2.89 bits per heavy atom. The summed E-state index contributed by atoms with van der Waals surface area (Å²) in [5.41, 5.74) is 0.513. The Kier molecular flexibility index (Phi) is 3.78. The molecule has 2 aromatic rings. The number of nitrogens with zero attached hydrogens (tertiary/aromatic N) is 1. The molecule has 0 aliphatic carbocycles. The van der Waals surface area contributed by atoms with E-state index < -0.39 is 10.0 Å². The van der Waals surface area contributed by atoms with Crippen molar-refractivity contribution in [3.8, 4) is 0 Å². The van der Waals surface area contributed by atoms with E-state index in [1.54, 1.807) is 24.5 Å². The average Bonchev–Trinajstić information content (AvgIpc) is 2.37. The van der Waals surface area contributed by atoms with Crippen molar-refractivity contribution in [3.63, 3.8) is 0 Å². The Hall–Kier alpha value is -1.66. The highest BCUT2D eigenvalue weighted by Gasteiger charge is 2.11. The van der Waals surface area contributed by atoms with Gasteiger partial charge in [-0.2, -0.15) is 0 Å². The number of anilines is 1. The normalized spacial score (nSPS) is 11.6. The second-order valence-electron chi connectivity index (χ2n) is 3.90. The molecule has 2 rings (SSSR count). The predicted molar refractivity (Wildman–Crippen MR) is 70.9 cm³/mol. The Morgan fingerprint density at radius 2 is 2.11 bits per heavy atom.